The number of carbonyl (C=O) groups excluding carboxylic acids is 1. The Hall–Kier alpha value is -0.590. The van der Waals surface area contributed by atoms with Crippen molar-refractivity contribution in [2.45, 2.75) is 19.3 Å². The second-order valence-corrected chi connectivity index (χ2v) is 3.03. The van der Waals surface area contributed by atoms with Crippen LogP contribution in [0.4, 0.5) is 0 Å². The maximum atomic E-state index is 10.8. The Morgan fingerprint density at radius 1 is 1.44 bits per heavy atom. The summed E-state index contributed by atoms with van der Waals surface area (Å²) in [5.74, 6) is 1.78. The lowest BCUT2D eigenvalue weighted by Gasteiger charge is -2.03. The molecule has 48 valence electrons. The molecular formula is C8H10O. The van der Waals surface area contributed by atoms with Crippen LogP contribution in [-0.4, -0.2) is 5.78 Å². The summed E-state index contributed by atoms with van der Waals surface area (Å²) in [6.45, 7) is 0. The topological polar surface area (TPSA) is 17.1 Å². The Balaban J connectivity index is 2.17. The van der Waals surface area contributed by atoms with Crippen molar-refractivity contribution in [3.8, 4) is 0 Å². The minimum Gasteiger partial charge on any atom is -0.300 e. The Morgan fingerprint density at radius 2 is 2.33 bits per heavy atom. The molecule has 0 bridgehead atoms. The molecule has 2 aliphatic rings. The van der Waals surface area contributed by atoms with E-state index in [9.17, 15) is 4.79 Å². The van der Waals surface area contributed by atoms with Crippen molar-refractivity contribution in [1.82, 2.24) is 0 Å². The Morgan fingerprint density at radius 3 is 3.11 bits per heavy atom. The van der Waals surface area contributed by atoms with Gasteiger partial charge in [0.1, 0.15) is 5.78 Å². The van der Waals surface area contributed by atoms with E-state index < -0.39 is 0 Å². The second-order valence-electron chi connectivity index (χ2n) is 3.03. The zero-order valence-electron chi connectivity index (χ0n) is 5.34. The third-order valence-corrected chi connectivity index (χ3v) is 2.38. The van der Waals surface area contributed by atoms with Crippen molar-refractivity contribution < 1.29 is 4.79 Å². The smallest absolute Gasteiger partial charge is 0.133 e. The van der Waals surface area contributed by atoms with Gasteiger partial charge in [-0.05, 0) is 18.3 Å². The number of allylic oxidation sites excluding steroid dienone is 2. The molecule has 0 saturated heterocycles. The van der Waals surface area contributed by atoms with E-state index in [-0.39, 0.29) is 0 Å². The van der Waals surface area contributed by atoms with Crippen LogP contribution in [0.25, 0.3) is 0 Å². The van der Waals surface area contributed by atoms with E-state index in [1.807, 2.05) is 0 Å². The number of Topliss-reactive ketones (excluding diaryl/α,β-unsaturated/α-hetero) is 1. The normalized spacial score (nSPS) is 39.8. The summed E-state index contributed by atoms with van der Waals surface area (Å²) in [6, 6.07) is 0. The lowest BCUT2D eigenvalue weighted by molar-refractivity contribution is -0.117. The first-order valence-corrected chi connectivity index (χ1v) is 3.54. The van der Waals surface area contributed by atoms with Crippen LogP contribution >= 0.6 is 0 Å². The fraction of sp³-hybridized carbons (Fsp3) is 0.625. The van der Waals surface area contributed by atoms with Gasteiger partial charge in [0.15, 0.2) is 0 Å². The maximum Gasteiger partial charge on any atom is 0.133 e. The summed E-state index contributed by atoms with van der Waals surface area (Å²) < 4.78 is 0. The van der Waals surface area contributed by atoms with Crippen molar-refractivity contribution in [2.24, 2.45) is 11.8 Å². The fourth-order valence-corrected chi connectivity index (χ4v) is 1.87. The van der Waals surface area contributed by atoms with Crippen LogP contribution in [0, 0.1) is 11.8 Å². The number of fused-ring (bicyclic) bond motifs is 1. The first-order chi connectivity index (χ1) is 4.36. The minimum atomic E-state index is 0.467. The van der Waals surface area contributed by atoms with E-state index in [1.54, 1.807) is 0 Å². The average Bonchev–Trinajstić information content (AvgIpc) is 2.22. The average molecular weight is 122 g/mol. The molecule has 0 N–H and O–H groups in total. The highest BCUT2D eigenvalue weighted by Crippen LogP contribution is 2.37. The first kappa shape index (κ1) is 5.21. The summed E-state index contributed by atoms with van der Waals surface area (Å²) in [5.41, 5.74) is 0. The SMILES string of the molecule is O=C1C[C@H]2CC=C[C@H]2C1. The van der Waals surface area contributed by atoms with Gasteiger partial charge in [0.25, 0.3) is 0 Å². The molecule has 0 aliphatic heterocycles. The summed E-state index contributed by atoms with van der Waals surface area (Å²) in [4.78, 5) is 10.8. The van der Waals surface area contributed by atoms with Crippen LogP contribution in [0.15, 0.2) is 12.2 Å². The van der Waals surface area contributed by atoms with Gasteiger partial charge in [-0.15, -0.1) is 0 Å². The summed E-state index contributed by atoms with van der Waals surface area (Å²) in [5, 5.41) is 0. The number of ketones is 1. The zero-order chi connectivity index (χ0) is 6.27. The third kappa shape index (κ3) is 0.716. The summed E-state index contributed by atoms with van der Waals surface area (Å²) in [7, 11) is 0. The molecule has 0 aromatic carbocycles. The molecular weight excluding hydrogens is 112 g/mol. The minimum absolute atomic E-state index is 0.467. The van der Waals surface area contributed by atoms with Crippen molar-refractivity contribution in [1.29, 1.82) is 0 Å². The number of hydrogen-bond acceptors (Lipinski definition) is 1. The highest BCUT2D eigenvalue weighted by Gasteiger charge is 2.32. The number of carbonyl (C=O) groups is 1. The molecule has 0 amide bonds. The van der Waals surface area contributed by atoms with Gasteiger partial charge in [0.2, 0.25) is 0 Å². The van der Waals surface area contributed by atoms with Gasteiger partial charge in [-0.2, -0.15) is 0 Å². The largest absolute Gasteiger partial charge is 0.300 e. The van der Waals surface area contributed by atoms with E-state index in [4.69, 9.17) is 0 Å². The highest BCUT2D eigenvalue weighted by molar-refractivity contribution is 5.81. The first-order valence-electron chi connectivity index (χ1n) is 3.54. The van der Waals surface area contributed by atoms with Crippen LogP contribution in [0.2, 0.25) is 0 Å². The molecule has 0 unspecified atom stereocenters. The zero-order valence-corrected chi connectivity index (χ0v) is 5.34. The number of hydrogen-bond donors (Lipinski definition) is 0. The van der Waals surface area contributed by atoms with Gasteiger partial charge in [-0.25, -0.2) is 0 Å². The molecule has 0 radical (unpaired) electrons. The predicted octanol–water partition coefficient (Wildman–Crippen LogP) is 1.54. The molecule has 0 aromatic heterocycles. The molecule has 9 heavy (non-hydrogen) atoms. The molecule has 2 atom stereocenters. The Kier molecular flexibility index (Phi) is 0.981. The van der Waals surface area contributed by atoms with Crippen LogP contribution in [-0.2, 0) is 4.79 Å². The van der Waals surface area contributed by atoms with Gasteiger partial charge in [0, 0.05) is 12.8 Å². The lowest BCUT2D eigenvalue weighted by Crippen LogP contribution is -1.96. The van der Waals surface area contributed by atoms with E-state index >= 15 is 0 Å². The van der Waals surface area contributed by atoms with Gasteiger partial charge in [-0.1, -0.05) is 12.2 Å². The predicted molar refractivity (Wildman–Crippen MR) is 35.0 cm³/mol. The van der Waals surface area contributed by atoms with E-state index in [0.29, 0.717) is 17.6 Å². The fourth-order valence-electron chi connectivity index (χ4n) is 1.87. The molecule has 0 spiro atoms. The van der Waals surface area contributed by atoms with E-state index in [1.165, 1.54) is 0 Å². The van der Waals surface area contributed by atoms with Gasteiger partial charge in [-0.3, -0.25) is 4.79 Å². The molecule has 1 fully saturated rings. The Labute approximate surface area is 54.8 Å². The molecule has 2 rings (SSSR count). The van der Waals surface area contributed by atoms with Crippen LogP contribution in [0.5, 0.6) is 0 Å². The van der Waals surface area contributed by atoms with Gasteiger partial charge >= 0.3 is 0 Å². The summed E-state index contributed by atoms with van der Waals surface area (Å²) in [6.07, 6.45) is 7.23. The molecule has 1 heteroatoms. The molecule has 1 nitrogen and oxygen atoms in total. The van der Waals surface area contributed by atoms with Crippen LogP contribution < -0.4 is 0 Å². The van der Waals surface area contributed by atoms with Crippen molar-refractivity contribution in [2.75, 3.05) is 0 Å². The van der Waals surface area contributed by atoms with Crippen molar-refractivity contribution in [3.05, 3.63) is 12.2 Å². The third-order valence-electron chi connectivity index (χ3n) is 2.38. The summed E-state index contributed by atoms with van der Waals surface area (Å²) >= 11 is 0. The van der Waals surface area contributed by atoms with Crippen LogP contribution in [0.3, 0.4) is 0 Å². The molecule has 2 aliphatic carbocycles. The monoisotopic (exact) mass is 122 g/mol. The maximum absolute atomic E-state index is 10.8. The van der Waals surface area contributed by atoms with Gasteiger partial charge < -0.3 is 0 Å². The van der Waals surface area contributed by atoms with Crippen molar-refractivity contribution in [3.63, 3.8) is 0 Å². The van der Waals surface area contributed by atoms with E-state index in [2.05, 4.69) is 12.2 Å². The second kappa shape index (κ2) is 1.69. The van der Waals surface area contributed by atoms with Gasteiger partial charge in [0.05, 0.1) is 0 Å². The van der Waals surface area contributed by atoms with Crippen LogP contribution in [0.1, 0.15) is 19.3 Å². The number of rotatable bonds is 0. The quantitative estimate of drug-likeness (QED) is 0.445. The van der Waals surface area contributed by atoms with E-state index in [0.717, 1.165) is 19.3 Å². The van der Waals surface area contributed by atoms with Crippen molar-refractivity contribution >= 4 is 5.78 Å². The molecule has 0 aromatic rings. The molecule has 1 saturated carbocycles. The Bertz CT molecular complexity index is 169. The lowest BCUT2D eigenvalue weighted by atomic mass is 10.0. The molecule has 0 heterocycles. The highest BCUT2D eigenvalue weighted by atomic mass is 16.1. The standard InChI is InChI=1S/C8H10O/c9-8-4-6-2-1-3-7(6)5-8/h1-2,6-7H,3-5H2/t6-,7+/m0/s1.